The van der Waals surface area contributed by atoms with Gasteiger partial charge in [0.25, 0.3) is 0 Å². The van der Waals surface area contributed by atoms with E-state index in [4.69, 9.17) is 7.98 Å². The second-order valence-electron chi connectivity index (χ2n) is 3.34. The van der Waals surface area contributed by atoms with Crippen molar-refractivity contribution in [3.8, 4) is 0 Å². The number of aromatic nitrogens is 2. The van der Waals surface area contributed by atoms with Crippen molar-refractivity contribution < 1.29 is 5.11 Å². The maximum atomic E-state index is 11.7. The molecular weight excluding hydrogens is 191 g/mol. The summed E-state index contributed by atoms with van der Waals surface area (Å²) in [6.07, 6.45) is -0.868. The van der Waals surface area contributed by atoms with Crippen molar-refractivity contribution in [3.05, 3.63) is 40.4 Å². The highest BCUT2D eigenvalue weighted by Gasteiger charge is 2.10. The molecule has 0 saturated heterocycles. The molecule has 5 heteroatoms. The van der Waals surface area contributed by atoms with E-state index in [0.717, 1.165) is 4.48 Å². The van der Waals surface area contributed by atoms with E-state index in [9.17, 15) is 9.90 Å². The minimum atomic E-state index is -0.868. The van der Waals surface area contributed by atoms with Crippen molar-refractivity contribution in [2.45, 2.75) is 13.0 Å². The third kappa shape index (κ3) is 1.55. The van der Waals surface area contributed by atoms with Crippen LogP contribution in [-0.4, -0.2) is 22.5 Å². The lowest BCUT2D eigenvalue weighted by Gasteiger charge is -2.11. The lowest BCUT2D eigenvalue weighted by Crippen LogP contribution is -2.25. The molecule has 0 fully saturated rings. The average molecular weight is 200 g/mol. The van der Waals surface area contributed by atoms with Gasteiger partial charge in [0.15, 0.2) is 0 Å². The van der Waals surface area contributed by atoms with Gasteiger partial charge in [-0.1, -0.05) is 12.1 Å². The zero-order chi connectivity index (χ0) is 11.0. The summed E-state index contributed by atoms with van der Waals surface area (Å²) in [5.74, 6) is 0.165. The molecule has 1 heterocycles. The monoisotopic (exact) mass is 200 g/mol. The van der Waals surface area contributed by atoms with E-state index < -0.39 is 6.10 Å². The normalized spacial score (nSPS) is 12.9. The zero-order valence-electron chi connectivity index (χ0n) is 8.21. The van der Waals surface area contributed by atoms with Crippen LogP contribution < -0.4 is 5.56 Å². The van der Waals surface area contributed by atoms with Crippen LogP contribution in [0.25, 0.3) is 10.9 Å². The van der Waals surface area contributed by atoms with E-state index >= 15 is 0 Å². The first kappa shape index (κ1) is 9.92. The molecule has 1 atom stereocenters. The highest BCUT2D eigenvalue weighted by atomic mass is 16.3. The molecule has 2 aromatic rings. The molecule has 0 bridgehead atoms. The van der Waals surface area contributed by atoms with E-state index in [1.807, 2.05) is 0 Å². The Morgan fingerprint density at radius 2 is 2.13 bits per heavy atom. The predicted molar refractivity (Wildman–Crippen MR) is 57.8 cm³/mol. The van der Waals surface area contributed by atoms with Crippen molar-refractivity contribution >= 4 is 18.9 Å². The van der Waals surface area contributed by atoms with Crippen LogP contribution >= 0.6 is 0 Å². The summed E-state index contributed by atoms with van der Waals surface area (Å²) in [5, 5.41) is 9.83. The molecule has 2 rings (SSSR count). The summed E-state index contributed by atoms with van der Waals surface area (Å²) in [6.45, 7) is 1.51. The first-order valence-corrected chi connectivity index (χ1v) is 4.56. The van der Waals surface area contributed by atoms with Gasteiger partial charge in [-0.25, -0.2) is 4.98 Å². The van der Waals surface area contributed by atoms with Gasteiger partial charge >= 0.3 is 0 Å². The minimum absolute atomic E-state index is 0.165. The van der Waals surface area contributed by atoms with Gasteiger partial charge in [0.05, 0.1) is 10.9 Å². The molecule has 0 spiro atoms. The second kappa shape index (κ2) is 3.51. The van der Waals surface area contributed by atoms with Crippen LogP contribution in [0.1, 0.15) is 18.9 Å². The van der Waals surface area contributed by atoms with Crippen LogP contribution in [0.4, 0.5) is 0 Å². The fraction of sp³-hybridized carbons (Fsp3) is 0.200. The molecule has 4 nitrogen and oxygen atoms in total. The molecule has 0 unspecified atom stereocenters. The van der Waals surface area contributed by atoms with Gasteiger partial charge in [-0.15, -0.1) is 0 Å². The van der Waals surface area contributed by atoms with Crippen LogP contribution in [0.3, 0.4) is 0 Å². The number of hydrogen-bond acceptors (Lipinski definition) is 3. The molecule has 0 aliphatic heterocycles. The lowest BCUT2D eigenvalue weighted by molar-refractivity contribution is 0.187. The molecular formula is C10H9BN2O2. The second-order valence-corrected chi connectivity index (χ2v) is 3.34. The van der Waals surface area contributed by atoms with E-state index in [2.05, 4.69) is 4.98 Å². The Morgan fingerprint density at radius 1 is 1.47 bits per heavy atom. The third-order valence-corrected chi connectivity index (χ3v) is 2.21. The maximum Gasteiger partial charge on any atom is 0.248 e. The van der Waals surface area contributed by atoms with Crippen LogP contribution in [0.2, 0.25) is 0 Å². The summed E-state index contributed by atoms with van der Waals surface area (Å²) in [5.41, 5.74) is 0.191. The molecule has 0 aliphatic rings. The van der Waals surface area contributed by atoms with Crippen LogP contribution in [0, 0.1) is 0 Å². The topological polar surface area (TPSA) is 55.1 Å². The molecule has 0 saturated carbocycles. The van der Waals surface area contributed by atoms with Crippen molar-refractivity contribution in [1.29, 1.82) is 0 Å². The molecule has 74 valence electrons. The van der Waals surface area contributed by atoms with Crippen LogP contribution in [0.5, 0.6) is 0 Å². The summed E-state index contributed by atoms with van der Waals surface area (Å²) in [4.78, 5) is 15.9. The SMILES string of the molecule is [B]n1c([C@H](C)O)nc2ccccc2c1=O. The Labute approximate surface area is 87.6 Å². The van der Waals surface area contributed by atoms with Gasteiger partial charge in [0, 0.05) is 0 Å². The number of rotatable bonds is 1. The van der Waals surface area contributed by atoms with Crippen LogP contribution in [-0.2, 0) is 0 Å². The van der Waals surface area contributed by atoms with Crippen molar-refractivity contribution in [1.82, 2.24) is 9.46 Å². The van der Waals surface area contributed by atoms with E-state index in [-0.39, 0.29) is 11.4 Å². The Hall–Kier alpha value is -1.62. The van der Waals surface area contributed by atoms with E-state index in [1.165, 1.54) is 6.92 Å². The largest absolute Gasteiger partial charge is 0.386 e. The average Bonchev–Trinajstić information content (AvgIpc) is 2.23. The third-order valence-electron chi connectivity index (χ3n) is 2.21. The van der Waals surface area contributed by atoms with Crippen molar-refractivity contribution in [2.24, 2.45) is 0 Å². The Bertz CT molecular complexity index is 563. The Kier molecular flexibility index (Phi) is 2.32. The first-order chi connectivity index (χ1) is 7.11. The van der Waals surface area contributed by atoms with Gasteiger partial charge in [0.2, 0.25) is 13.5 Å². The van der Waals surface area contributed by atoms with Gasteiger partial charge in [-0.05, 0) is 19.1 Å². The maximum absolute atomic E-state index is 11.7. The fourth-order valence-corrected chi connectivity index (χ4v) is 1.46. The molecule has 0 amide bonds. The van der Waals surface area contributed by atoms with Gasteiger partial charge < -0.3 is 9.58 Å². The van der Waals surface area contributed by atoms with Crippen LogP contribution in [0.15, 0.2) is 29.1 Å². The lowest BCUT2D eigenvalue weighted by atomic mass is 10.2. The highest BCUT2D eigenvalue weighted by molar-refractivity contribution is 6.07. The smallest absolute Gasteiger partial charge is 0.248 e. The fourth-order valence-electron chi connectivity index (χ4n) is 1.46. The number of hydrogen-bond donors (Lipinski definition) is 1. The predicted octanol–water partition coefficient (Wildman–Crippen LogP) is 0.381. The molecule has 1 aromatic carbocycles. The summed E-state index contributed by atoms with van der Waals surface area (Å²) in [7, 11) is 5.53. The number of aliphatic hydroxyl groups is 1. The number of fused-ring (bicyclic) bond motifs is 1. The van der Waals surface area contributed by atoms with Gasteiger partial charge in [0.1, 0.15) is 11.9 Å². The van der Waals surface area contributed by atoms with E-state index in [0.29, 0.717) is 10.9 Å². The molecule has 15 heavy (non-hydrogen) atoms. The van der Waals surface area contributed by atoms with E-state index in [1.54, 1.807) is 24.3 Å². The van der Waals surface area contributed by atoms with Gasteiger partial charge in [-0.2, -0.15) is 0 Å². The Morgan fingerprint density at radius 3 is 2.80 bits per heavy atom. The summed E-state index contributed by atoms with van der Waals surface area (Å²) >= 11 is 0. The molecule has 0 aliphatic carbocycles. The molecule has 2 radical (unpaired) electrons. The summed E-state index contributed by atoms with van der Waals surface area (Å²) < 4.78 is 0.882. The van der Waals surface area contributed by atoms with Crippen molar-refractivity contribution in [2.75, 3.05) is 0 Å². The Balaban J connectivity index is 2.89. The molecule has 1 N–H and O–H groups in total. The summed E-state index contributed by atoms with van der Waals surface area (Å²) in [6, 6.07) is 6.89. The highest BCUT2D eigenvalue weighted by Crippen LogP contribution is 2.11. The number of para-hydroxylation sites is 1. The van der Waals surface area contributed by atoms with Gasteiger partial charge in [-0.3, -0.25) is 4.79 Å². The number of aliphatic hydroxyl groups excluding tert-OH is 1. The van der Waals surface area contributed by atoms with Crippen molar-refractivity contribution in [3.63, 3.8) is 0 Å². The minimum Gasteiger partial charge on any atom is -0.386 e. The first-order valence-electron chi connectivity index (χ1n) is 4.56. The number of benzene rings is 1. The quantitative estimate of drug-likeness (QED) is 0.677. The standard InChI is InChI=1S/C10H9BN2O2/c1-6(14)9-12-8-5-3-2-4-7(8)10(15)13(9)11/h2-6,14H,1H3/t6-/m0/s1. The number of nitrogens with zero attached hydrogens (tertiary/aromatic N) is 2. The zero-order valence-corrected chi connectivity index (χ0v) is 8.21. The molecule has 1 aromatic heterocycles.